The van der Waals surface area contributed by atoms with Gasteiger partial charge in [-0.05, 0) is 40.9 Å². The highest BCUT2D eigenvalue weighted by Gasteiger charge is 2.14. The number of rotatable bonds is 3. The fourth-order valence-electron chi connectivity index (χ4n) is 1.91. The number of nitrogens with zero attached hydrogens (tertiary/aromatic N) is 2. The molecule has 2 aromatic rings. The Hall–Kier alpha value is -1.62. The van der Waals surface area contributed by atoms with Crippen LogP contribution in [0.5, 0.6) is 0 Å². The van der Waals surface area contributed by atoms with Crippen LogP contribution in [0.1, 0.15) is 28.5 Å². The van der Waals surface area contributed by atoms with Gasteiger partial charge in [0.2, 0.25) is 0 Å². The van der Waals surface area contributed by atoms with Crippen LogP contribution >= 0.6 is 15.9 Å². The van der Waals surface area contributed by atoms with Crippen LogP contribution in [0, 0.1) is 6.92 Å². The normalized spacial score (nSPS) is 10.5. The first-order chi connectivity index (χ1) is 9.02. The monoisotopic (exact) mass is 321 g/mol. The minimum Gasteiger partial charge on any atom is -0.319 e. The third-order valence-corrected chi connectivity index (χ3v) is 3.98. The van der Waals surface area contributed by atoms with Crippen LogP contribution in [0.3, 0.4) is 0 Å². The molecule has 4 nitrogen and oxygen atoms in total. The summed E-state index contributed by atoms with van der Waals surface area (Å²) in [6, 6.07) is 5.63. The van der Waals surface area contributed by atoms with E-state index in [9.17, 15) is 4.79 Å². The summed E-state index contributed by atoms with van der Waals surface area (Å²) in [7, 11) is 1.84. The molecule has 0 spiro atoms. The van der Waals surface area contributed by atoms with Crippen molar-refractivity contribution < 1.29 is 4.79 Å². The number of carbonyl (C=O) groups is 1. The van der Waals surface area contributed by atoms with E-state index in [2.05, 4.69) is 26.3 Å². The molecule has 0 radical (unpaired) electrons. The average Bonchev–Trinajstić information content (AvgIpc) is 2.72. The summed E-state index contributed by atoms with van der Waals surface area (Å²) in [6.07, 6.45) is 2.60. The summed E-state index contributed by atoms with van der Waals surface area (Å²) < 4.78 is 2.54. The van der Waals surface area contributed by atoms with Gasteiger partial charge < -0.3 is 5.32 Å². The molecule has 1 N–H and O–H groups in total. The zero-order valence-corrected chi connectivity index (χ0v) is 12.8. The predicted octanol–water partition coefficient (Wildman–Crippen LogP) is 3.31. The molecule has 0 aliphatic carbocycles. The standard InChI is InChI=1S/C14H16BrN3O/c1-4-11-12(8-18(3)17-11)16-14(19)10-7-5-6-9(2)13(10)15/h5-8H,4H2,1-3H3,(H,16,19). The first-order valence-corrected chi connectivity index (χ1v) is 6.91. The zero-order valence-electron chi connectivity index (χ0n) is 11.2. The van der Waals surface area contributed by atoms with Crippen LogP contribution in [0.15, 0.2) is 28.9 Å². The van der Waals surface area contributed by atoms with Gasteiger partial charge >= 0.3 is 0 Å². The van der Waals surface area contributed by atoms with Crippen molar-refractivity contribution in [3.8, 4) is 0 Å². The molecule has 5 heteroatoms. The first-order valence-electron chi connectivity index (χ1n) is 6.12. The van der Waals surface area contributed by atoms with E-state index in [4.69, 9.17) is 0 Å². The fraction of sp³-hybridized carbons (Fsp3) is 0.286. The molecule has 1 aromatic carbocycles. The average molecular weight is 322 g/mol. The Morgan fingerprint density at radius 3 is 2.89 bits per heavy atom. The number of halogens is 1. The minimum absolute atomic E-state index is 0.127. The largest absolute Gasteiger partial charge is 0.319 e. The van der Waals surface area contributed by atoms with E-state index in [-0.39, 0.29) is 5.91 Å². The summed E-state index contributed by atoms with van der Waals surface area (Å²) in [5, 5.41) is 7.22. The molecule has 1 aromatic heterocycles. The van der Waals surface area contributed by atoms with E-state index in [1.54, 1.807) is 10.7 Å². The van der Waals surface area contributed by atoms with Gasteiger partial charge in [0.1, 0.15) is 0 Å². The summed E-state index contributed by atoms with van der Waals surface area (Å²) in [6.45, 7) is 3.98. The van der Waals surface area contributed by atoms with E-state index in [1.807, 2.05) is 39.2 Å². The molecule has 2 rings (SSSR count). The molecular weight excluding hydrogens is 306 g/mol. The summed E-state index contributed by atoms with van der Waals surface area (Å²) in [5.74, 6) is -0.127. The molecule has 1 heterocycles. The lowest BCUT2D eigenvalue weighted by molar-refractivity contribution is 0.102. The van der Waals surface area contributed by atoms with Gasteiger partial charge in [0, 0.05) is 17.7 Å². The van der Waals surface area contributed by atoms with Crippen molar-refractivity contribution in [3.63, 3.8) is 0 Å². The summed E-state index contributed by atoms with van der Waals surface area (Å²) in [4.78, 5) is 12.3. The van der Waals surface area contributed by atoms with Gasteiger partial charge in [-0.1, -0.05) is 19.1 Å². The Morgan fingerprint density at radius 2 is 2.21 bits per heavy atom. The van der Waals surface area contributed by atoms with E-state index in [1.165, 1.54) is 0 Å². The molecule has 0 fully saturated rings. The van der Waals surface area contributed by atoms with Crippen LogP contribution in [0.2, 0.25) is 0 Å². The number of nitrogens with one attached hydrogen (secondary N) is 1. The van der Waals surface area contributed by atoms with Gasteiger partial charge in [-0.25, -0.2) is 0 Å². The highest BCUT2D eigenvalue weighted by atomic mass is 79.9. The van der Waals surface area contributed by atoms with Crippen molar-refractivity contribution in [1.29, 1.82) is 0 Å². The second-order valence-electron chi connectivity index (χ2n) is 4.41. The second-order valence-corrected chi connectivity index (χ2v) is 5.20. The maximum Gasteiger partial charge on any atom is 0.256 e. The number of aromatic nitrogens is 2. The maximum atomic E-state index is 12.3. The van der Waals surface area contributed by atoms with E-state index in [0.29, 0.717) is 5.56 Å². The lowest BCUT2D eigenvalue weighted by Crippen LogP contribution is -2.13. The van der Waals surface area contributed by atoms with Crippen molar-refractivity contribution in [2.75, 3.05) is 5.32 Å². The number of anilines is 1. The third-order valence-electron chi connectivity index (χ3n) is 2.92. The highest BCUT2D eigenvalue weighted by molar-refractivity contribution is 9.10. The SMILES string of the molecule is CCc1nn(C)cc1NC(=O)c1cccc(C)c1Br. The van der Waals surface area contributed by atoms with Gasteiger partial charge in [-0.15, -0.1) is 0 Å². The number of amides is 1. The smallest absolute Gasteiger partial charge is 0.256 e. The van der Waals surface area contributed by atoms with Gasteiger partial charge in [0.25, 0.3) is 5.91 Å². The molecule has 0 saturated carbocycles. The molecule has 0 aliphatic rings. The lowest BCUT2D eigenvalue weighted by atomic mass is 10.1. The van der Waals surface area contributed by atoms with Crippen LogP contribution in [0.4, 0.5) is 5.69 Å². The Kier molecular flexibility index (Phi) is 4.04. The van der Waals surface area contributed by atoms with Crippen LogP contribution in [0.25, 0.3) is 0 Å². The molecule has 0 unspecified atom stereocenters. The molecule has 0 aliphatic heterocycles. The van der Waals surface area contributed by atoms with E-state index < -0.39 is 0 Å². The van der Waals surface area contributed by atoms with Gasteiger partial charge in [-0.3, -0.25) is 9.48 Å². The van der Waals surface area contributed by atoms with Crippen molar-refractivity contribution in [2.24, 2.45) is 7.05 Å². The third kappa shape index (κ3) is 2.87. The van der Waals surface area contributed by atoms with Gasteiger partial charge in [-0.2, -0.15) is 5.10 Å². The van der Waals surface area contributed by atoms with Crippen molar-refractivity contribution >= 4 is 27.5 Å². The minimum atomic E-state index is -0.127. The van der Waals surface area contributed by atoms with Crippen LogP contribution in [-0.2, 0) is 13.5 Å². The van der Waals surface area contributed by atoms with Crippen LogP contribution in [-0.4, -0.2) is 15.7 Å². The summed E-state index contributed by atoms with van der Waals surface area (Å²) in [5.41, 5.74) is 3.32. The lowest BCUT2D eigenvalue weighted by Gasteiger charge is -2.08. The molecule has 1 amide bonds. The molecule has 0 atom stereocenters. The number of aryl methyl sites for hydroxylation is 3. The molecule has 0 bridgehead atoms. The Morgan fingerprint density at radius 1 is 1.47 bits per heavy atom. The summed E-state index contributed by atoms with van der Waals surface area (Å²) >= 11 is 3.45. The number of carbonyl (C=O) groups excluding carboxylic acids is 1. The van der Waals surface area contributed by atoms with Gasteiger partial charge in [0.05, 0.1) is 16.9 Å². The number of hydrogen-bond donors (Lipinski definition) is 1. The van der Waals surface area contributed by atoms with Crippen molar-refractivity contribution in [2.45, 2.75) is 20.3 Å². The number of benzene rings is 1. The Labute approximate surface area is 120 Å². The molecular formula is C14H16BrN3O. The zero-order chi connectivity index (χ0) is 14.0. The maximum absolute atomic E-state index is 12.3. The Bertz CT molecular complexity index is 619. The van der Waals surface area contributed by atoms with Crippen molar-refractivity contribution in [1.82, 2.24) is 9.78 Å². The fourth-order valence-corrected chi connectivity index (χ4v) is 2.36. The second kappa shape index (κ2) is 5.57. The molecule has 100 valence electrons. The van der Waals surface area contributed by atoms with E-state index in [0.717, 1.165) is 27.8 Å². The van der Waals surface area contributed by atoms with Crippen LogP contribution < -0.4 is 5.32 Å². The van der Waals surface area contributed by atoms with Crippen molar-refractivity contribution in [3.05, 3.63) is 45.7 Å². The van der Waals surface area contributed by atoms with Gasteiger partial charge in [0.15, 0.2) is 0 Å². The molecule has 19 heavy (non-hydrogen) atoms. The molecule has 0 saturated heterocycles. The topological polar surface area (TPSA) is 46.9 Å². The number of hydrogen-bond acceptors (Lipinski definition) is 2. The highest BCUT2D eigenvalue weighted by Crippen LogP contribution is 2.23. The predicted molar refractivity (Wildman–Crippen MR) is 79.4 cm³/mol. The quantitative estimate of drug-likeness (QED) is 0.942. The Balaban J connectivity index is 2.28. The first kappa shape index (κ1) is 13.8. The van der Waals surface area contributed by atoms with E-state index >= 15 is 0 Å².